The van der Waals surface area contributed by atoms with Gasteiger partial charge in [-0.2, -0.15) is 0 Å². The molecule has 0 saturated carbocycles. The number of fused-ring (bicyclic) bond motifs is 1. The highest BCUT2D eigenvalue weighted by atomic mass is 32.2. The van der Waals surface area contributed by atoms with Gasteiger partial charge in [0.05, 0.1) is 27.9 Å². The third kappa shape index (κ3) is 5.81. The SMILES string of the molecule is COC(=O)/C=C/c1cc(OC)c(OC)c(S(=O)(=O)NCCc2cc(F)cc3c2OCOC3)c1. The van der Waals surface area contributed by atoms with Gasteiger partial charge in [-0.05, 0) is 47.9 Å². The lowest BCUT2D eigenvalue weighted by Gasteiger charge is -2.21. The molecule has 3 rings (SSSR count). The molecule has 0 atom stereocenters. The van der Waals surface area contributed by atoms with Crippen molar-refractivity contribution in [1.82, 2.24) is 4.72 Å². The first-order chi connectivity index (χ1) is 15.8. The van der Waals surface area contributed by atoms with E-state index in [2.05, 4.69) is 9.46 Å². The summed E-state index contributed by atoms with van der Waals surface area (Å²) in [5.74, 6) is -0.395. The predicted molar refractivity (Wildman–Crippen MR) is 116 cm³/mol. The fraction of sp³-hybridized carbons (Fsp3) is 0.318. The number of ether oxygens (including phenoxy) is 5. The van der Waals surface area contributed by atoms with Gasteiger partial charge in [-0.1, -0.05) is 0 Å². The molecular weight excluding hydrogens is 457 g/mol. The molecule has 0 aliphatic carbocycles. The van der Waals surface area contributed by atoms with E-state index < -0.39 is 21.8 Å². The summed E-state index contributed by atoms with van der Waals surface area (Å²) in [4.78, 5) is 11.2. The van der Waals surface area contributed by atoms with E-state index in [1.165, 1.54) is 51.7 Å². The molecule has 2 aromatic rings. The molecule has 0 unspecified atom stereocenters. The number of sulfonamides is 1. The summed E-state index contributed by atoms with van der Waals surface area (Å²) in [7, 11) is -0.151. The molecule has 178 valence electrons. The van der Waals surface area contributed by atoms with Gasteiger partial charge in [0.2, 0.25) is 10.0 Å². The summed E-state index contributed by atoms with van der Waals surface area (Å²) in [5, 5.41) is 0. The molecule has 1 heterocycles. The highest BCUT2D eigenvalue weighted by molar-refractivity contribution is 7.89. The van der Waals surface area contributed by atoms with E-state index in [0.717, 1.165) is 6.08 Å². The van der Waals surface area contributed by atoms with Gasteiger partial charge < -0.3 is 23.7 Å². The zero-order valence-electron chi connectivity index (χ0n) is 18.3. The normalized spacial score (nSPS) is 13.3. The number of halogens is 1. The summed E-state index contributed by atoms with van der Waals surface area (Å²) in [6.07, 6.45) is 2.73. The number of nitrogens with one attached hydrogen (secondary N) is 1. The Morgan fingerprint density at radius 2 is 1.97 bits per heavy atom. The van der Waals surface area contributed by atoms with Gasteiger partial charge in [-0.25, -0.2) is 22.3 Å². The summed E-state index contributed by atoms with van der Waals surface area (Å²) < 4.78 is 68.3. The van der Waals surface area contributed by atoms with E-state index in [9.17, 15) is 17.6 Å². The predicted octanol–water partition coefficient (Wildman–Crippen LogP) is 2.42. The van der Waals surface area contributed by atoms with E-state index in [1.807, 2.05) is 0 Å². The second kappa shape index (κ2) is 10.6. The van der Waals surface area contributed by atoms with Crippen LogP contribution < -0.4 is 18.9 Å². The number of hydrogen-bond acceptors (Lipinski definition) is 8. The summed E-state index contributed by atoms with van der Waals surface area (Å²) in [6, 6.07) is 5.50. The highest BCUT2D eigenvalue weighted by Crippen LogP contribution is 2.36. The van der Waals surface area contributed by atoms with E-state index >= 15 is 0 Å². The lowest BCUT2D eigenvalue weighted by molar-refractivity contribution is -0.134. The van der Waals surface area contributed by atoms with Crippen molar-refractivity contribution in [2.75, 3.05) is 34.7 Å². The van der Waals surface area contributed by atoms with Crippen LogP contribution in [0.4, 0.5) is 4.39 Å². The Bertz CT molecular complexity index is 1160. The smallest absolute Gasteiger partial charge is 0.330 e. The molecule has 33 heavy (non-hydrogen) atoms. The first kappa shape index (κ1) is 24.5. The van der Waals surface area contributed by atoms with Crippen LogP contribution in [0, 0.1) is 5.82 Å². The number of rotatable bonds is 9. The van der Waals surface area contributed by atoms with Crippen molar-refractivity contribution in [1.29, 1.82) is 0 Å². The molecule has 0 radical (unpaired) electrons. The number of esters is 1. The van der Waals surface area contributed by atoms with E-state index in [-0.39, 0.29) is 42.8 Å². The van der Waals surface area contributed by atoms with Crippen LogP contribution in [-0.4, -0.2) is 49.1 Å². The Labute approximate surface area is 191 Å². The molecule has 0 spiro atoms. The fourth-order valence-electron chi connectivity index (χ4n) is 3.32. The first-order valence-corrected chi connectivity index (χ1v) is 11.3. The van der Waals surface area contributed by atoms with Crippen LogP contribution >= 0.6 is 0 Å². The van der Waals surface area contributed by atoms with Gasteiger partial charge >= 0.3 is 5.97 Å². The zero-order chi connectivity index (χ0) is 24.0. The topological polar surface area (TPSA) is 109 Å². The standard InChI is InChI=1S/C22H24FNO8S/c1-28-18-8-14(4-5-20(25)29-2)9-19(22(18)30-3)33(26,27)24-7-6-15-10-17(23)11-16-12-31-13-32-21(15)16/h4-5,8-11,24H,6-7,12-13H2,1-3H3/b5-4+. The molecule has 0 aromatic heterocycles. The molecule has 0 bridgehead atoms. The molecule has 1 N–H and O–H groups in total. The highest BCUT2D eigenvalue weighted by Gasteiger charge is 2.24. The molecule has 1 aliphatic rings. The third-order valence-electron chi connectivity index (χ3n) is 4.81. The van der Waals surface area contributed by atoms with Gasteiger partial charge in [0, 0.05) is 18.2 Å². The van der Waals surface area contributed by atoms with Crippen molar-refractivity contribution < 1.29 is 41.3 Å². The second-order valence-electron chi connectivity index (χ2n) is 6.92. The number of hydrogen-bond donors (Lipinski definition) is 1. The molecule has 11 heteroatoms. The Kier molecular flexibility index (Phi) is 7.90. The zero-order valence-corrected chi connectivity index (χ0v) is 19.2. The number of methoxy groups -OCH3 is 3. The monoisotopic (exact) mass is 481 g/mol. The Morgan fingerprint density at radius 3 is 2.67 bits per heavy atom. The molecule has 2 aromatic carbocycles. The molecular formula is C22H24FNO8S. The minimum Gasteiger partial charge on any atom is -0.493 e. The number of carbonyl (C=O) groups excluding carboxylic acids is 1. The summed E-state index contributed by atoms with van der Waals surface area (Å²) in [5.41, 5.74) is 1.47. The van der Waals surface area contributed by atoms with Crippen LogP contribution in [0.25, 0.3) is 6.08 Å². The van der Waals surface area contributed by atoms with E-state index in [1.54, 1.807) is 0 Å². The lowest BCUT2D eigenvalue weighted by Crippen LogP contribution is -2.27. The van der Waals surface area contributed by atoms with Crippen molar-refractivity contribution in [3.05, 3.63) is 52.8 Å². The van der Waals surface area contributed by atoms with Gasteiger partial charge in [0.25, 0.3) is 0 Å². The number of carbonyl (C=O) groups is 1. The molecule has 9 nitrogen and oxygen atoms in total. The molecule has 0 amide bonds. The Hall–Kier alpha value is -3.15. The van der Waals surface area contributed by atoms with Crippen LogP contribution in [0.2, 0.25) is 0 Å². The van der Waals surface area contributed by atoms with Crippen molar-refractivity contribution in [2.45, 2.75) is 17.9 Å². The van der Waals surface area contributed by atoms with Crippen molar-refractivity contribution >= 4 is 22.1 Å². The maximum Gasteiger partial charge on any atom is 0.330 e. The van der Waals surface area contributed by atoms with Gasteiger partial charge in [-0.3, -0.25) is 0 Å². The lowest BCUT2D eigenvalue weighted by atomic mass is 10.1. The quantitative estimate of drug-likeness (QED) is 0.430. The maximum absolute atomic E-state index is 13.9. The van der Waals surface area contributed by atoms with Gasteiger partial charge in [0.15, 0.2) is 18.3 Å². The average Bonchev–Trinajstić information content (AvgIpc) is 2.81. The third-order valence-corrected chi connectivity index (χ3v) is 6.27. The second-order valence-corrected chi connectivity index (χ2v) is 8.66. The van der Waals surface area contributed by atoms with Crippen LogP contribution in [-0.2, 0) is 37.3 Å². The van der Waals surface area contributed by atoms with E-state index in [4.69, 9.17) is 18.9 Å². The average molecular weight is 481 g/mol. The van der Waals surface area contributed by atoms with Gasteiger partial charge in [0.1, 0.15) is 16.5 Å². The van der Waals surface area contributed by atoms with Gasteiger partial charge in [-0.15, -0.1) is 0 Å². The van der Waals surface area contributed by atoms with Crippen LogP contribution in [0.3, 0.4) is 0 Å². The van der Waals surface area contributed by atoms with Crippen LogP contribution in [0.1, 0.15) is 16.7 Å². The molecule has 1 aliphatic heterocycles. The Morgan fingerprint density at radius 1 is 1.18 bits per heavy atom. The van der Waals surface area contributed by atoms with Crippen molar-refractivity contribution in [3.8, 4) is 17.2 Å². The minimum atomic E-state index is -4.07. The maximum atomic E-state index is 13.9. The number of benzene rings is 2. The summed E-state index contributed by atoms with van der Waals surface area (Å²) >= 11 is 0. The molecule has 0 fully saturated rings. The largest absolute Gasteiger partial charge is 0.493 e. The van der Waals surface area contributed by atoms with Crippen LogP contribution in [0.15, 0.2) is 35.2 Å². The Balaban J connectivity index is 1.85. The fourth-order valence-corrected chi connectivity index (χ4v) is 4.56. The molecule has 0 saturated heterocycles. The van der Waals surface area contributed by atoms with Crippen molar-refractivity contribution in [2.24, 2.45) is 0 Å². The first-order valence-electron chi connectivity index (χ1n) is 9.82. The van der Waals surface area contributed by atoms with Crippen LogP contribution in [0.5, 0.6) is 17.2 Å². The summed E-state index contributed by atoms with van der Waals surface area (Å²) in [6.45, 7) is 0.227. The van der Waals surface area contributed by atoms with E-state index in [0.29, 0.717) is 22.4 Å². The minimum absolute atomic E-state index is 0.00355. The van der Waals surface area contributed by atoms with Crippen molar-refractivity contribution in [3.63, 3.8) is 0 Å².